The number of carbonyl (C=O) groups excluding carboxylic acids is 2. The van der Waals surface area contributed by atoms with Crippen molar-refractivity contribution in [3.05, 3.63) is 65.7 Å². The van der Waals surface area contributed by atoms with E-state index in [1.165, 1.54) is 0 Å². The van der Waals surface area contributed by atoms with Crippen LogP contribution in [0.25, 0.3) is 0 Å². The van der Waals surface area contributed by atoms with Gasteiger partial charge in [0.05, 0.1) is 28.8 Å². The predicted octanol–water partition coefficient (Wildman–Crippen LogP) is 2.94. The van der Waals surface area contributed by atoms with Crippen LogP contribution in [0.4, 0.5) is 5.69 Å². The number of amides is 2. The summed E-state index contributed by atoms with van der Waals surface area (Å²) in [5.74, 6) is -0.531. The van der Waals surface area contributed by atoms with Gasteiger partial charge in [0.1, 0.15) is 0 Å². The van der Waals surface area contributed by atoms with Gasteiger partial charge in [0.2, 0.25) is 5.91 Å². The number of sulfone groups is 1. The van der Waals surface area contributed by atoms with Gasteiger partial charge in [-0.2, -0.15) is 0 Å². The van der Waals surface area contributed by atoms with E-state index in [9.17, 15) is 18.0 Å². The molecule has 1 aliphatic heterocycles. The van der Waals surface area contributed by atoms with Crippen LogP contribution < -0.4 is 10.6 Å². The fourth-order valence-corrected chi connectivity index (χ4v) is 5.25. The fourth-order valence-electron chi connectivity index (χ4n) is 3.39. The number of carbonyl (C=O) groups is 2. The lowest BCUT2D eigenvalue weighted by Gasteiger charge is -2.17. The maximum atomic E-state index is 12.7. The molecule has 0 bridgehead atoms. The van der Waals surface area contributed by atoms with E-state index in [2.05, 4.69) is 10.6 Å². The Morgan fingerprint density at radius 1 is 1.07 bits per heavy atom. The third kappa shape index (κ3) is 5.19. The van der Waals surface area contributed by atoms with Gasteiger partial charge >= 0.3 is 0 Å². The predicted molar refractivity (Wildman–Crippen MR) is 109 cm³/mol. The summed E-state index contributed by atoms with van der Waals surface area (Å²) in [7, 11) is -3.02. The van der Waals surface area contributed by atoms with Crippen LogP contribution in [0.5, 0.6) is 0 Å². The van der Waals surface area contributed by atoms with Crippen LogP contribution in [0.3, 0.4) is 0 Å². The molecule has 1 heterocycles. The van der Waals surface area contributed by atoms with Crippen molar-refractivity contribution in [2.45, 2.75) is 25.8 Å². The Kier molecular flexibility index (Phi) is 6.14. The van der Waals surface area contributed by atoms with Crippen molar-refractivity contribution in [1.29, 1.82) is 0 Å². The Balaban J connectivity index is 1.65. The molecule has 0 aliphatic carbocycles. The Hall–Kier alpha value is -2.67. The van der Waals surface area contributed by atoms with Crippen LogP contribution in [0.2, 0.25) is 0 Å². The second kappa shape index (κ2) is 8.56. The minimum absolute atomic E-state index is 0.0527. The van der Waals surface area contributed by atoms with Crippen molar-refractivity contribution in [2.24, 2.45) is 5.92 Å². The first-order valence-electron chi connectivity index (χ1n) is 9.29. The van der Waals surface area contributed by atoms with Gasteiger partial charge < -0.3 is 10.6 Å². The first kappa shape index (κ1) is 20.1. The Labute approximate surface area is 165 Å². The van der Waals surface area contributed by atoms with Gasteiger partial charge in [0, 0.05) is 6.42 Å². The number of hydrogen-bond donors (Lipinski definition) is 2. The zero-order valence-electron chi connectivity index (χ0n) is 15.7. The molecule has 1 saturated heterocycles. The highest BCUT2D eigenvalue weighted by Crippen LogP contribution is 2.23. The Bertz CT molecular complexity index is 957. The highest BCUT2D eigenvalue weighted by molar-refractivity contribution is 7.91. The Morgan fingerprint density at radius 2 is 1.75 bits per heavy atom. The summed E-state index contributed by atoms with van der Waals surface area (Å²) in [5, 5.41) is 5.70. The fraction of sp³-hybridized carbons (Fsp3) is 0.333. The third-order valence-corrected chi connectivity index (χ3v) is 6.73. The molecule has 2 aromatic carbocycles. The van der Waals surface area contributed by atoms with Crippen LogP contribution >= 0.6 is 0 Å². The summed E-state index contributed by atoms with van der Waals surface area (Å²) in [6, 6.07) is 16.2. The number of nitrogens with one attached hydrogen (secondary N) is 2. The average molecular weight is 401 g/mol. The first-order chi connectivity index (χ1) is 13.3. The highest BCUT2D eigenvalue weighted by atomic mass is 32.2. The largest absolute Gasteiger partial charge is 0.345 e. The van der Waals surface area contributed by atoms with E-state index >= 15 is 0 Å². The molecule has 0 aromatic heterocycles. The standard InChI is InChI=1S/C21H24N2O4S/c1-15(17-7-3-2-4-8-17)22-21(25)18-9-5-6-10-19(18)23-20(24)13-16-11-12-28(26,27)14-16/h2-10,15-16H,11-14H2,1H3,(H,22,25)(H,23,24)/t15-,16+/m1/s1. The quantitative estimate of drug-likeness (QED) is 0.780. The topological polar surface area (TPSA) is 92.3 Å². The minimum atomic E-state index is -3.02. The molecule has 3 rings (SSSR count). The average Bonchev–Trinajstić information content (AvgIpc) is 3.00. The molecule has 2 aromatic rings. The van der Waals surface area contributed by atoms with E-state index in [0.717, 1.165) is 5.56 Å². The molecule has 28 heavy (non-hydrogen) atoms. The highest BCUT2D eigenvalue weighted by Gasteiger charge is 2.29. The minimum Gasteiger partial charge on any atom is -0.345 e. The molecule has 1 aliphatic rings. The van der Waals surface area contributed by atoms with Gasteiger partial charge in [-0.3, -0.25) is 9.59 Å². The van der Waals surface area contributed by atoms with E-state index < -0.39 is 9.84 Å². The van der Waals surface area contributed by atoms with Crippen LogP contribution in [-0.2, 0) is 14.6 Å². The SMILES string of the molecule is C[C@@H](NC(=O)c1ccccc1NC(=O)C[C@@H]1CCS(=O)(=O)C1)c1ccccc1. The smallest absolute Gasteiger partial charge is 0.253 e. The lowest BCUT2D eigenvalue weighted by molar-refractivity contribution is -0.116. The summed E-state index contributed by atoms with van der Waals surface area (Å²) < 4.78 is 23.1. The van der Waals surface area contributed by atoms with Crippen molar-refractivity contribution < 1.29 is 18.0 Å². The second-order valence-corrected chi connectivity index (χ2v) is 9.40. The van der Waals surface area contributed by atoms with E-state index in [1.807, 2.05) is 37.3 Å². The summed E-state index contributed by atoms with van der Waals surface area (Å²) in [6.45, 7) is 1.90. The van der Waals surface area contributed by atoms with Gasteiger partial charge in [0.15, 0.2) is 9.84 Å². The van der Waals surface area contributed by atoms with Gasteiger partial charge in [-0.1, -0.05) is 42.5 Å². The number of benzene rings is 2. The molecule has 7 heteroatoms. The van der Waals surface area contributed by atoms with Crippen molar-refractivity contribution >= 4 is 27.3 Å². The number of rotatable bonds is 6. The summed E-state index contributed by atoms with van der Waals surface area (Å²) >= 11 is 0. The normalized spacial score (nSPS) is 19.0. The zero-order chi connectivity index (χ0) is 20.1. The summed E-state index contributed by atoms with van der Waals surface area (Å²) in [6.07, 6.45) is 0.641. The van der Waals surface area contributed by atoms with E-state index in [0.29, 0.717) is 17.7 Å². The molecular weight excluding hydrogens is 376 g/mol. The van der Waals surface area contributed by atoms with E-state index in [1.54, 1.807) is 24.3 Å². The molecule has 6 nitrogen and oxygen atoms in total. The van der Waals surface area contributed by atoms with Crippen molar-refractivity contribution in [1.82, 2.24) is 5.32 Å². The van der Waals surface area contributed by atoms with E-state index in [4.69, 9.17) is 0 Å². The summed E-state index contributed by atoms with van der Waals surface area (Å²) in [4.78, 5) is 25.1. The van der Waals surface area contributed by atoms with Crippen molar-refractivity contribution in [3.8, 4) is 0 Å². The molecule has 0 saturated carbocycles. The lowest BCUT2D eigenvalue weighted by Crippen LogP contribution is -2.28. The molecule has 0 radical (unpaired) electrons. The van der Waals surface area contributed by atoms with Crippen molar-refractivity contribution in [3.63, 3.8) is 0 Å². The third-order valence-electron chi connectivity index (χ3n) is 4.89. The van der Waals surface area contributed by atoms with Crippen LogP contribution in [0, 0.1) is 5.92 Å². The van der Waals surface area contributed by atoms with Crippen molar-refractivity contribution in [2.75, 3.05) is 16.8 Å². The number of anilines is 1. The lowest BCUT2D eigenvalue weighted by atomic mass is 10.0. The summed E-state index contributed by atoms with van der Waals surface area (Å²) in [5.41, 5.74) is 1.78. The van der Waals surface area contributed by atoms with Gasteiger partial charge in [-0.05, 0) is 37.0 Å². The molecule has 2 N–H and O–H groups in total. The molecule has 0 unspecified atom stereocenters. The number of hydrogen-bond acceptors (Lipinski definition) is 4. The van der Waals surface area contributed by atoms with Crippen LogP contribution in [0.1, 0.15) is 41.7 Å². The monoisotopic (exact) mass is 400 g/mol. The van der Waals surface area contributed by atoms with Gasteiger partial charge in [-0.25, -0.2) is 8.42 Å². The molecule has 2 atom stereocenters. The maximum Gasteiger partial charge on any atom is 0.253 e. The van der Waals surface area contributed by atoms with Gasteiger partial charge in [0.25, 0.3) is 5.91 Å². The zero-order valence-corrected chi connectivity index (χ0v) is 16.5. The number of para-hydroxylation sites is 1. The maximum absolute atomic E-state index is 12.7. The Morgan fingerprint density at radius 3 is 2.43 bits per heavy atom. The second-order valence-electron chi connectivity index (χ2n) is 7.17. The first-order valence-corrected chi connectivity index (χ1v) is 11.1. The molecule has 148 valence electrons. The van der Waals surface area contributed by atoms with Crippen LogP contribution in [0.15, 0.2) is 54.6 Å². The van der Waals surface area contributed by atoms with Gasteiger partial charge in [-0.15, -0.1) is 0 Å². The molecular formula is C21H24N2O4S. The van der Waals surface area contributed by atoms with Crippen LogP contribution in [-0.4, -0.2) is 31.7 Å². The molecule has 1 fully saturated rings. The molecule has 0 spiro atoms. The van der Waals surface area contributed by atoms with E-state index in [-0.39, 0.29) is 41.7 Å². The molecule has 2 amide bonds.